The Kier molecular flexibility index (Phi) is 2.21. The zero-order valence-corrected chi connectivity index (χ0v) is 10.0. The molecule has 0 aromatic heterocycles. The zero-order valence-electron chi connectivity index (χ0n) is 8.54. The molecule has 80 valence electrons. The van der Waals surface area contributed by atoms with Crippen LogP contribution in [-0.2, 0) is 5.41 Å². The van der Waals surface area contributed by atoms with Crippen LogP contribution >= 0.6 is 23.2 Å². The minimum atomic E-state index is -1.37. The van der Waals surface area contributed by atoms with Crippen molar-refractivity contribution in [3.8, 4) is 12.1 Å². The topological polar surface area (TPSA) is 47.6 Å². The molecule has 0 amide bonds. The van der Waals surface area contributed by atoms with Crippen LogP contribution < -0.4 is 0 Å². The Labute approximate surface area is 104 Å². The molecule has 0 radical (unpaired) electrons. The van der Waals surface area contributed by atoms with E-state index in [1.807, 2.05) is 42.5 Å². The lowest BCUT2D eigenvalue weighted by atomic mass is 9.89. The van der Waals surface area contributed by atoms with Crippen molar-refractivity contribution in [2.75, 3.05) is 0 Å². The quantitative estimate of drug-likeness (QED) is 0.719. The molecule has 0 heterocycles. The molecule has 1 aromatic rings. The molecule has 0 N–H and O–H groups in total. The highest BCUT2D eigenvalue weighted by Crippen LogP contribution is 2.77. The van der Waals surface area contributed by atoms with E-state index in [-0.39, 0.29) is 0 Å². The molecule has 1 saturated carbocycles. The summed E-state index contributed by atoms with van der Waals surface area (Å²) in [6.45, 7) is 1.74. The minimum Gasteiger partial charge on any atom is -0.196 e. The molecule has 0 spiro atoms. The van der Waals surface area contributed by atoms with Gasteiger partial charge in [0.15, 0.2) is 9.75 Å². The number of rotatable bonds is 1. The van der Waals surface area contributed by atoms with Crippen molar-refractivity contribution in [1.82, 2.24) is 0 Å². The highest BCUT2D eigenvalue weighted by molar-refractivity contribution is 6.54. The van der Waals surface area contributed by atoms with Gasteiger partial charge in [0.25, 0.3) is 0 Å². The van der Waals surface area contributed by atoms with E-state index in [4.69, 9.17) is 33.7 Å². The van der Waals surface area contributed by atoms with Crippen LogP contribution in [0.5, 0.6) is 0 Å². The summed E-state index contributed by atoms with van der Waals surface area (Å²) in [5.41, 5.74) is -1.40. The number of nitrogens with zero attached hydrogens (tertiary/aromatic N) is 2. The highest BCUT2D eigenvalue weighted by Gasteiger charge is 2.87. The monoisotopic (exact) mass is 250 g/mol. The van der Waals surface area contributed by atoms with Crippen molar-refractivity contribution in [3.05, 3.63) is 35.9 Å². The Hall–Kier alpha value is -1.22. The van der Waals surface area contributed by atoms with Gasteiger partial charge < -0.3 is 0 Å². The number of benzene rings is 1. The van der Waals surface area contributed by atoms with E-state index < -0.39 is 15.2 Å². The number of alkyl halides is 2. The van der Waals surface area contributed by atoms with Crippen LogP contribution in [-0.4, -0.2) is 4.33 Å². The molecule has 0 saturated heterocycles. The van der Waals surface area contributed by atoms with Crippen molar-refractivity contribution in [3.63, 3.8) is 0 Å². The second-order valence-corrected chi connectivity index (χ2v) is 5.37. The molecular weight excluding hydrogens is 243 g/mol. The van der Waals surface area contributed by atoms with Crippen molar-refractivity contribution >= 4 is 23.2 Å². The first-order chi connectivity index (χ1) is 7.48. The summed E-state index contributed by atoms with van der Waals surface area (Å²) >= 11 is 12.3. The highest BCUT2D eigenvalue weighted by atomic mass is 35.5. The maximum Gasteiger partial charge on any atom is 0.189 e. The summed E-state index contributed by atoms with van der Waals surface area (Å²) in [5.74, 6) is 0. The molecular formula is C12H8Cl2N2. The maximum atomic E-state index is 9.15. The van der Waals surface area contributed by atoms with Crippen LogP contribution in [0.3, 0.4) is 0 Å². The fraction of sp³-hybridized carbons (Fsp3) is 0.333. The van der Waals surface area contributed by atoms with Gasteiger partial charge in [-0.15, -0.1) is 0 Å². The molecule has 4 heteroatoms. The van der Waals surface area contributed by atoms with Crippen LogP contribution in [0.2, 0.25) is 0 Å². The number of halogens is 2. The SMILES string of the molecule is CC1(c2ccccc2)C(Cl)(Cl)C1(C#N)C#N. The third kappa shape index (κ3) is 0.925. The van der Waals surface area contributed by atoms with Crippen LogP contribution in [0.1, 0.15) is 12.5 Å². The standard InChI is InChI=1S/C12H8Cl2N2/c1-10(9-5-3-2-4-6-9)11(7-15,8-16)12(10,13)14/h2-6H,1H3. The fourth-order valence-electron chi connectivity index (χ4n) is 2.19. The molecule has 1 aromatic carbocycles. The maximum absolute atomic E-state index is 9.15. The van der Waals surface area contributed by atoms with Gasteiger partial charge in [-0.1, -0.05) is 53.5 Å². The second kappa shape index (κ2) is 3.14. The molecule has 1 aliphatic carbocycles. The Morgan fingerprint density at radius 3 is 1.94 bits per heavy atom. The van der Waals surface area contributed by atoms with Gasteiger partial charge in [-0.25, -0.2) is 0 Å². The van der Waals surface area contributed by atoms with E-state index in [0.717, 1.165) is 5.56 Å². The Morgan fingerprint density at radius 1 is 1.06 bits per heavy atom. The van der Waals surface area contributed by atoms with Gasteiger partial charge in [-0.05, 0) is 12.5 Å². The van der Waals surface area contributed by atoms with E-state index in [9.17, 15) is 0 Å². The first-order valence-corrected chi connectivity index (χ1v) is 5.49. The molecule has 1 aliphatic rings. The molecule has 0 bridgehead atoms. The van der Waals surface area contributed by atoms with Gasteiger partial charge in [0.1, 0.15) is 0 Å². The normalized spacial score (nSPS) is 28.8. The molecule has 1 atom stereocenters. The van der Waals surface area contributed by atoms with Gasteiger partial charge in [-0.2, -0.15) is 10.5 Å². The number of hydrogen-bond donors (Lipinski definition) is 0. The number of nitriles is 2. The van der Waals surface area contributed by atoms with E-state index in [2.05, 4.69) is 0 Å². The van der Waals surface area contributed by atoms with Crippen LogP contribution in [0.25, 0.3) is 0 Å². The summed E-state index contributed by atoms with van der Waals surface area (Å²) in [4.78, 5) is 0. The van der Waals surface area contributed by atoms with Gasteiger partial charge in [0, 0.05) is 0 Å². The Balaban J connectivity index is 2.61. The van der Waals surface area contributed by atoms with Crippen LogP contribution in [0, 0.1) is 28.1 Å². The predicted octanol–water partition coefficient (Wildman–Crippen LogP) is 3.17. The lowest BCUT2D eigenvalue weighted by Gasteiger charge is -2.11. The summed E-state index contributed by atoms with van der Waals surface area (Å²) in [6, 6.07) is 13.1. The first kappa shape index (κ1) is 11.3. The molecule has 1 fully saturated rings. The molecule has 2 rings (SSSR count). The average Bonchev–Trinajstić information content (AvgIpc) is 2.70. The molecule has 1 unspecified atom stereocenters. The summed E-state index contributed by atoms with van der Waals surface area (Å²) in [6.07, 6.45) is 0. The molecule has 16 heavy (non-hydrogen) atoms. The van der Waals surface area contributed by atoms with Crippen LogP contribution in [0.15, 0.2) is 30.3 Å². The van der Waals surface area contributed by atoms with E-state index >= 15 is 0 Å². The average molecular weight is 251 g/mol. The molecule has 2 nitrogen and oxygen atoms in total. The predicted molar refractivity (Wildman–Crippen MR) is 61.9 cm³/mol. The largest absolute Gasteiger partial charge is 0.196 e. The first-order valence-electron chi connectivity index (χ1n) is 4.74. The van der Waals surface area contributed by atoms with Gasteiger partial charge in [-0.3, -0.25) is 0 Å². The lowest BCUT2D eigenvalue weighted by molar-refractivity contribution is 0.665. The Bertz CT molecular complexity index is 496. The number of hydrogen-bond acceptors (Lipinski definition) is 2. The van der Waals surface area contributed by atoms with Gasteiger partial charge in [0.2, 0.25) is 0 Å². The zero-order chi connectivity index (χ0) is 12.0. The third-order valence-corrected chi connectivity index (χ3v) is 4.80. The van der Waals surface area contributed by atoms with E-state index in [1.54, 1.807) is 6.92 Å². The third-order valence-electron chi connectivity index (χ3n) is 3.47. The Morgan fingerprint density at radius 2 is 1.56 bits per heavy atom. The molecule has 0 aliphatic heterocycles. The van der Waals surface area contributed by atoms with Crippen LogP contribution in [0.4, 0.5) is 0 Å². The lowest BCUT2D eigenvalue weighted by Crippen LogP contribution is -2.12. The fourth-order valence-corrected chi connectivity index (χ4v) is 3.14. The van der Waals surface area contributed by atoms with Crippen molar-refractivity contribution < 1.29 is 0 Å². The summed E-state index contributed by atoms with van der Waals surface area (Å²) < 4.78 is -1.36. The van der Waals surface area contributed by atoms with E-state index in [0.29, 0.717) is 0 Å². The summed E-state index contributed by atoms with van der Waals surface area (Å²) in [7, 11) is 0. The second-order valence-electron chi connectivity index (χ2n) is 4.04. The minimum absolute atomic E-state index is 0.808. The van der Waals surface area contributed by atoms with Crippen molar-refractivity contribution in [2.45, 2.75) is 16.7 Å². The smallest absolute Gasteiger partial charge is 0.189 e. The van der Waals surface area contributed by atoms with Crippen molar-refractivity contribution in [2.24, 2.45) is 5.41 Å². The van der Waals surface area contributed by atoms with Gasteiger partial charge >= 0.3 is 0 Å². The van der Waals surface area contributed by atoms with Gasteiger partial charge in [0.05, 0.1) is 17.6 Å². The summed E-state index contributed by atoms with van der Waals surface area (Å²) in [5, 5.41) is 18.3. The van der Waals surface area contributed by atoms with E-state index in [1.165, 1.54) is 0 Å². The van der Waals surface area contributed by atoms with Crippen molar-refractivity contribution in [1.29, 1.82) is 10.5 Å².